The van der Waals surface area contributed by atoms with E-state index in [1.165, 1.54) is 0 Å². The molecule has 16 heavy (non-hydrogen) atoms. The highest BCUT2D eigenvalue weighted by Crippen LogP contribution is 2.61. The van der Waals surface area contributed by atoms with Crippen molar-refractivity contribution in [3.63, 3.8) is 0 Å². The van der Waals surface area contributed by atoms with E-state index in [1.807, 2.05) is 0 Å². The van der Waals surface area contributed by atoms with Crippen molar-refractivity contribution in [3.8, 4) is 0 Å². The van der Waals surface area contributed by atoms with Gasteiger partial charge in [0.2, 0.25) is 5.91 Å². The van der Waals surface area contributed by atoms with Crippen molar-refractivity contribution in [1.29, 1.82) is 0 Å². The fourth-order valence-electron chi connectivity index (χ4n) is 2.52. The summed E-state index contributed by atoms with van der Waals surface area (Å²) in [5.41, 5.74) is 0.370. The Kier molecular flexibility index (Phi) is 1.67. The normalized spacial score (nSPS) is 30.1. The van der Waals surface area contributed by atoms with E-state index in [4.69, 9.17) is 16.7 Å². The molecule has 2 aliphatic rings. The summed E-state index contributed by atoms with van der Waals surface area (Å²) in [6, 6.07) is 5.16. The van der Waals surface area contributed by atoms with Gasteiger partial charge >= 0.3 is 5.97 Å². The molecule has 2 unspecified atom stereocenters. The molecule has 1 aliphatic carbocycles. The highest BCUT2D eigenvalue weighted by Gasteiger charge is 2.68. The molecule has 1 aromatic rings. The van der Waals surface area contributed by atoms with E-state index in [9.17, 15) is 9.59 Å². The minimum Gasteiger partial charge on any atom is -0.481 e. The van der Waals surface area contributed by atoms with Gasteiger partial charge in [-0.25, -0.2) is 0 Å². The minimum atomic E-state index is -0.942. The third-order valence-electron chi connectivity index (χ3n) is 3.37. The first-order valence-corrected chi connectivity index (χ1v) is 5.28. The Morgan fingerprint density at radius 2 is 2.31 bits per heavy atom. The van der Waals surface area contributed by atoms with Crippen molar-refractivity contribution >= 4 is 29.2 Å². The first-order chi connectivity index (χ1) is 7.57. The Balaban J connectivity index is 2.18. The molecule has 4 nitrogen and oxygen atoms in total. The van der Waals surface area contributed by atoms with Crippen LogP contribution in [0.4, 0.5) is 5.69 Å². The van der Waals surface area contributed by atoms with Crippen molar-refractivity contribution in [3.05, 3.63) is 28.8 Å². The second-order valence-corrected chi connectivity index (χ2v) is 4.59. The summed E-state index contributed by atoms with van der Waals surface area (Å²) in [6.45, 7) is 0. The highest BCUT2D eigenvalue weighted by molar-refractivity contribution is 6.33. The zero-order valence-electron chi connectivity index (χ0n) is 8.16. The number of hydrogen-bond donors (Lipinski definition) is 2. The number of hydrogen-bond acceptors (Lipinski definition) is 2. The van der Waals surface area contributed by atoms with Crippen LogP contribution in [0, 0.1) is 5.92 Å². The lowest BCUT2D eigenvalue weighted by Gasteiger charge is -2.07. The first-order valence-electron chi connectivity index (χ1n) is 4.90. The Bertz CT molecular complexity index is 528. The molecule has 2 N–H and O–H groups in total. The van der Waals surface area contributed by atoms with Crippen molar-refractivity contribution in [1.82, 2.24) is 0 Å². The minimum absolute atomic E-state index is 0.247. The zero-order chi connectivity index (χ0) is 11.5. The molecule has 1 saturated carbocycles. The predicted molar refractivity (Wildman–Crippen MR) is 57.5 cm³/mol. The third kappa shape index (κ3) is 0.950. The third-order valence-corrected chi connectivity index (χ3v) is 3.69. The predicted octanol–water partition coefficient (Wildman–Crippen LogP) is 1.63. The molecule has 5 heteroatoms. The maximum absolute atomic E-state index is 11.8. The topological polar surface area (TPSA) is 66.4 Å². The summed E-state index contributed by atoms with van der Waals surface area (Å²) < 4.78 is 0. The van der Waals surface area contributed by atoms with Crippen LogP contribution in [0.1, 0.15) is 12.0 Å². The van der Waals surface area contributed by atoms with E-state index in [0.29, 0.717) is 22.7 Å². The van der Waals surface area contributed by atoms with E-state index in [0.717, 1.165) is 0 Å². The lowest BCUT2D eigenvalue weighted by atomic mass is 9.95. The maximum atomic E-state index is 11.8. The van der Waals surface area contributed by atoms with E-state index in [-0.39, 0.29) is 5.91 Å². The number of anilines is 1. The number of fused-ring (bicyclic) bond motifs is 2. The lowest BCUT2D eigenvalue weighted by molar-refractivity contribution is -0.140. The van der Waals surface area contributed by atoms with Crippen LogP contribution in [-0.2, 0) is 15.0 Å². The molecule has 2 atom stereocenters. The quantitative estimate of drug-likeness (QED) is 0.780. The summed E-state index contributed by atoms with van der Waals surface area (Å²) in [4.78, 5) is 22.8. The molecule has 1 aromatic carbocycles. The number of nitrogens with one attached hydrogen (secondary N) is 1. The van der Waals surface area contributed by atoms with Gasteiger partial charge in [-0.15, -0.1) is 0 Å². The number of halogens is 1. The molecule has 1 fully saturated rings. The van der Waals surface area contributed by atoms with Crippen molar-refractivity contribution < 1.29 is 14.7 Å². The largest absolute Gasteiger partial charge is 0.481 e. The van der Waals surface area contributed by atoms with E-state index < -0.39 is 17.3 Å². The number of aliphatic carboxylic acids is 1. The van der Waals surface area contributed by atoms with Gasteiger partial charge in [0.1, 0.15) is 0 Å². The van der Waals surface area contributed by atoms with Crippen LogP contribution < -0.4 is 5.32 Å². The Morgan fingerprint density at radius 1 is 1.56 bits per heavy atom. The molecule has 1 heterocycles. The number of carboxylic acid groups (broad SMARTS) is 1. The summed E-state index contributed by atoms with van der Waals surface area (Å²) in [7, 11) is 0. The zero-order valence-corrected chi connectivity index (χ0v) is 8.91. The number of carbonyl (C=O) groups excluding carboxylic acids is 1. The van der Waals surface area contributed by atoms with E-state index in [1.54, 1.807) is 18.2 Å². The Labute approximate surface area is 96.2 Å². The number of carbonyl (C=O) groups is 2. The summed E-state index contributed by atoms with van der Waals surface area (Å²) in [5, 5.41) is 12.1. The number of rotatable bonds is 1. The van der Waals surface area contributed by atoms with E-state index in [2.05, 4.69) is 5.32 Å². The fraction of sp³-hybridized carbons (Fsp3) is 0.273. The molecule has 82 valence electrons. The van der Waals surface area contributed by atoms with Gasteiger partial charge in [-0.3, -0.25) is 9.59 Å². The van der Waals surface area contributed by atoms with Crippen LogP contribution in [0.5, 0.6) is 0 Å². The monoisotopic (exact) mass is 237 g/mol. The Morgan fingerprint density at radius 3 is 2.94 bits per heavy atom. The van der Waals surface area contributed by atoms with Gasteiger partial charge in [-0.05, 0) is 18.6 Å². The number of carboxylic acids is 1. The van der Waals surface area contributed by atoms with Crippen molar-refractivity contribution in [2.24, 2.45) is 5.92 Å². The number of benzene rings is 1. The fourth-order valence-corrected chi connectivity index (χ4v) is 2.86. The average molecular weight is 238 g/mol. The van der Waals surface area contributed by atoms with Gasteiger partial charge in [0.05, 0.1) is 11.3 Å². The first kappa shape index (κ1) is 9.66. The second kappa shape index (κ2) is 2.77. The molecular weight excluding hydrogens is 230 g/mol. The van der Waals surface area contributed by atoms with Crippen LogP contribution in [0.25, 0.3) is 0 Å². The van der Waals surface area contributed by atoms with Crippen LogP contribution in [0.3, 0.4) is 0 Å². The maximum Gasteiger partial charge on any atom is 0.307 e. The molecule has 0 saturated heterocycles. The molecule has 1 amide bonds. The van der Waals surface area contributed by atoms with Crippen LogP contribution in [-0.4, -0.2) is 17.0 Å². The molecule has 0 bridgehead atoms. The summed E-state index contributed by atoms with van der Waals surface area (Å²) in [5.74, 6) is -1.83. The average Bonchev–Trinajstić information content (AvgIpc) is 2.87. The van der Waals surface area contributed by atoms with Gasteiger partial charge in [0.15, 0.2) is 0 Å². The van der Waals surface area contributed by atoms with Crippen molar-refractivity contribution in [2.75, 3.05) is 5.32 Å². The van der Waals surface area contributed by atoms with Gasteiger partial charge in [0.25, 0.3) is 0 Å². The van der Waals surface area contributed by atoms with Gasteiger partial charge in [-0.1, -0.05) is 17.7 Å². The summed E-state index contributed by atoms with van der Waals surface area (Å²) in [6.07, 6.45) is 0.338. The number of amides is 1. The van der Waals surface area contributed by atoms with E-state index >= 15 is 0 Å². The smallest absolute Gasteiger partial charge is 0.307 e. The lowest BCUT2D eigenvalue weighted by Crippen LogP contribution is -2.24. The molecule has 0 radical (unpaired) electrons. The van der Waals surface area contributed by atoms with Gasteiger partial charge in [0, 0.05) is 16.3 Å². The molecule has 3 rings (SSSR count). The van der Waals surface area contributed by atoms with Crippen LogP contribution >= 0.6 is 11.6 Å². The van der Waals surface area contributed by atoms with Crippen LogP contribution in [0.2, 0.25) is 5.02 Å². The van der Waals surface area contributed by atoms with Crippen molar-refractivity contribution in [2.45, 2.75) is 11.8 Å². The molecule has 0 aromatic heterocycles. The van der Waals surface area contributed by atoms with Gasteiger partial charge < -0.3 is 10.4 Å². The molecule has 1 aliphatic heterocycles. The van der Waals surface area contributed by atoms with Gasteiger partial charge in [-0.2, -0.15) is 0 Å². The Hall–Kier alpha value is -1.55. The molecular formula is C11H8ClNO3. The molecule has 1 spiro atoms. The van der Waals surface area contributed by atoms with Crippen LogP contribution in [0.15, 0.2) is 18.2 Å². The summed E-state index contributed by atoms with van der Waals surface area (Å²) >= 11 is 6.04. The highest BCUT2D eigenvalue weighted by atomic mass is 35.5. The second-order valence-electron chi connectivity index (χ2n) is 4.18. The standard InChI is InChI=1S/C11H8ClNO3/c12-6-2-1-3-7-8(6)11(10(16)13-7)4-5(11)9(14)15/h1-3,5H,4H2,(H,13,16)(H,14,15). The SMILES string of the molecule is O=C(O)C1CC12C(=O)Nc1cccc(Cl)c12.